The number of aromatic nitrogens is 2. The summed E-state index contributed by atoms with van der Waals surface area (Å²) in [7, 11) is 0. The van der Waals surface area contributed by atoms with Crippen molar-refractivity contribution in [2.45, 2.75) is 40.2 Å². The molecule has 2 aromatic rings. The van der Waals surface area contributed by atoms with E-state index in [9.17, 15) is 0 Å². The van der Waals surface area contributed by atoms with Gasteiger partial charge in [0.05, 0.1) is 11.4 Å². The van der Waals surface area contributed by atoms with Crippen LogP contribution in [0.3, 0.4) is 0 Å². The molecule has 0 radical (unpaired) electrons. The summed E-state index contributed by atoms with van der Waals surface area (Å²) in [4.78, 5) is 0. The van der Waals surface area contributed by atoms with Crippen molar-refractivity contribution < 1.29 is 0 Å². The summed E-state index contributed by atoms with van der Waals surface area (Å²) in [6.45, 7) is 8.17. The van der Waals surface area contributed by atoms with E-state index in [1.807, 2.05) is 36.7 Å². The molecule has 0 fully saturated rings. The Morgan fingerprint density at radius 1 is 1.32 bits per heavy atom. The highest BCUT2D eigenvalue weighted by atomic mass is 35.5. The quantitative estimate of drug-likeness (QED) is 0.935. The van der Waals surface area contributed by atoms with Crippen LogP contribution in [0.2, 0.25) is 5.02 Å². The van der Waals surface area contributed by atoms with E-state index in [0.717, 1.165) is 34.1 Å². The summed E-state index contributed by atoms with van der Waals surface area (Å²) in [5.74, 6) is 0. The first-order valence-corrected chi connectivity index (χ1v) is 6.85. The fourth-order valence-corrected chi connectivity index (χ4v) is 2.47. The van der Waals surface area contributed by atoms with Gasteiger partial charge in [0.1, 0.15) is 0 Å². The number of halogens is 1. The fourth-order valence-electron chi connectivity index (χ4n) is 2.22. The van der Waals surface area contributed by atoms with E-state index < -0.39 is 0 Å². The second-order valence-electron chi connectivity index (χ2n) is 5.13. The molecule has 19 heavy (non-hydrogen) atoms. The van der Waals surface area contributed by atoms with Crippen molar-refractivity contribution in [3.05, 3.63) is 45.7 Å². The Hall–Kier alpha value is -1.32. The molecule has 4 heteroatoms. The van der Waals surface area contributed by atoms with Crippen molar-refractivity contribution in [2.75, 3.05) is 0 Å². The van der Waals surface area contributed by atoms with Crippen LogP contribution in [0.4, 0.5) is 0 Å². The third kappa shape index (κ3) is 2.67. The molecule has 1 heterocycles. The zero-order chi connectivity index (χ0) is 14.2. The highest BCUT2D eigenvalue weighted by Crippen LogP contribution is 2.26. The smallest absolute Gasteiger partial charge is 0.0696 e. The normalized spacial score (nSPS) is 12.7. The van der Waals surface area contributed by atoms with Crippen LogP contribution in [0, 0.1) is 20.8 Å². The summed E-state index contributed by atoms with van der Waals surface area (Å²) in [5, 5.41) is 5.36. The molecule has 3 nitrogen and oxygen atoms in total. The number of hydrogen-bond donors (Lipinski definition) is 1. The van der Waals surface area contributed by atoms with Crippen LogP contribution < -0.4 is 5.73 Å². The van der Waals surface area contributed by atoms with E-state index in [-0.39, 0.29) is 6.04 Å². The Morgan fingerprint density at radius 2 is 2.00 bits per heavy atom. The summed E-state index contributed by atoms with van der Waals surface area (Å²) >= 11 is 6.33. The molecule has 0 aliphatic carbocycles. The fraction of sp³-hybridized carbons (Fsp3) is 0.400. The lowest BCUT2D eigenvalue weighted by molar-refractivity contribution is 0.724. The van der Waals surface area contributed by atoms with Gasteiger partial charge in [-0.2, -0.15) is 5.10 Å². The molecule has 0 amide bonds. The SMILES string of the molecule is Cc1nn(-c2cccc(Cl)c2CC(C)N)c(C)c1C. The van der Waals surface area contributed by atoms with Crippen LogP contribution in [-0.2, 0) is 6.42 Å². The standard InChI is InChI=1S/C15H20ClN3/c1-9(17)8-13-14(16)6-5-7-15(13)19-12(4)10(2)11(3)18-19/h5-7,9H,8,17H2,1-4H3. The van der Waals surface area contributed by atoms with Gasteiger partial charge < -0.3 is 5.73 Å². The molecule has 1 unspecified atom stereocenters. The van der Waals surface area contributed by atoms with E-state index in [2.05, 4.69) is 18.9 Å². The monoisotopic (exact) mass is 277 g/mol. The van der Waals surface area contributed by atoms with E-state index in [1.165, 1.54) is 5.56 Å². The number of nitrogens with zero attached hydrogens (tertiary/aromatic N) is 2. The molecular weight excluding hydrogens is 258 g/mol. The van der Waals surface area contributed by atoms with Crippen LogP contribution in [-0.4, -0.2) is 15.8 Å². The summed E-state index contributed by atoms with van der Waals surface area (Å²) in [6, 6.07) is 5.97. The van der Waals surface area contributed by atoms with Gasteiger partial charge in [0, 0.05) is 16.8 Å². The minimum Gasteiger partial charge on any atom is -0.328 e. The van der Waals surface area contributed by atoms with Crippen LogP contribution in [0.5, 0.6) is 0 Å². The minimum atomic E-state index is 0.0664. The predicted octanol–water partition coefficient (Wildman–Crippen LogP) is 3.34. The van der Waals surface area contributed by atoms with Gasteiger partial charge >= 0.3 is 0 Å². The molecule has 1 atom stereocenters. The van der Waals surface area contributed by atoms with Gasteiger partial charge in [0.25, 0.3) is 0 Å². The molecule has 0 aliphatic rings. The molecule has 2 N–H and O–H groups in total. The minimum absolute atomic E-state index is 0.0664. The maximum atomic E-state index is 6.33. The third-order valence-corrected chi connectivity index (χ3v) is 3.86. The number of benzene rings is 1. The maximum Gasteiger partial charge on any atom is 0.0696 e. The molecule has 0 bridgehead atoms. The predicted molar refractivity (Wildman–Crippen MR) is 80.1 cm³/mol. The largest absolute Gasteiger partial charge is 0.328 e. The van der Waals surface area contributed by atoms with Gasteiger partial charge in [-0.3, -0.25) is 0 Å². The Kier molecular flexibility index (Phi) is 3.97. The van der Waals surface area contributed by atoms with Gasteiger partial charge in [-0.15, -0.1) is 0 Å². The molecule has 0 saturated carbocycles. The maximum absolute atomic E-state index is 6.33. The molecule has 2 rings (SSSR count). The number of aryl methyl sites for hydroxylation is 1. The zero-order valence-electron chi connectivity index (χ0n) is 11.9. The highest BCUT2D eigenvalue weighted by Gasteiger charge is 2.15. The van der Waals surface area contributed by atoms with Crippen LogP contribution >= 0.6 is 11.6 Å². The van der Waals surface area contributed by atoms with Crippen molar-refractivity contribution in [3.8, 4) is 5.69 Å². The van der Waals surface area contributed by atoms with Crippen LogP contribution in [0.15, 0.2) is 18.2 Å². The molecule has 1 aromatic carbocycles. The number of rotatable bonds is 3. The lowest BCUT2D eigenvalue weighted by atomic mass is 10.1. The summed E-state index contributed by atoms with van der Waals surface area (Å²) in [5.41, 5.74) is 11.4. The Morgan fingerprint density at radius 3 is 2.53 bits per heavy atom. The van der Waals surface area contributed by atoms with E-state index in [4.69, 9.17) is 17.3 Å². The molecule has 0 spiro atoms. The van der Waals surface area contributed by atoms with Gasteiger partial charge in [-0.25, -0.2) is 4.68 Å². The van der Waals surface area contributed by atoms with E-state index in [0.29, 0.717) is 0 Å². The van der Waals surface area contributed by atoms with E-state index in [1.54, 1.807) is 0 Å². The van der Waals surface area contributed by atoms with Crippen molar-refractivity contribution in [1.29, 1.82) is 0 Å². The molecule has 102 valence electrons. The summed E-state index contributed by atoms with van der Waals surface area (Å²) in [6.07, 6.45) is 0.742. The van der Waals surface area contributed by atoms with Gasteiger partial charge in [0.2, 0.25) is 0 Å². The molecule has 0 aliphatic heterocycles. The molecule has 1 aromatic heterocycles. The van der Waals surface area contributed by atoms with Gasteiger partial charge in [-0.1, -0.05) is 17.7 Å². The lowest BCUT2D eigenvalue weighted by Gasteiger charge is -2.14. The highest BCUT2D eigenvalue weighted by molar-refractivity contribution is 6.31. The third-order valence-electron chi connectivity index (χ3n) is 3.50. The van der Waals surface area contributed by atoms with Crippen molar-refractivity contribution in [3.63, 3.8) is 0 Å². The van der Waals surface area contributed by atoms with Gasteiger partial charge in [-0.05, 0) is 57.4 Å². The van der Waals surface area contributed by atoms with Crippen LogP contribution in [0.1, 0.15) is 29.4 Å². The Balaban J connectivity index is 2.61. The zero-order valence-corrected chi connectivity index (χ0v) is 12.6. The average Bonchev–Trinajstić information content (AvgIpc) is 2.59. The Labute approximate surface area is 119 Å². The van der Waals surface area contributed by atoms with E-state index >= 15 is 0 Å². The van der Waals surface area contributed by atoms with Crippen LogP contribution in [0.25, 0.3) is 5.69 Å². The molecule has 0 saturated heterocycles. The van der Waals surface area contributed by atoms with Crippen molar-refractivity contribution in [1.82, 2.24) is 9.78 Å². The second kappa shape index (κ2) is 5.35. The van der Waals surface area contributed by atoms with Crippen molar-refractivity contribution in [2.24, 2.45) is 5.73 Å². The van der Waals surface area contributed by atoms with Gasteiger partial charge in [0.15, 0.2) is 0 Å². The molecular formula is C15H20ClN3. The first-order chi connectivity index (χ1) is 8.91. The second-order valence-corrected chi connectivity index (χ2v) is 5.53. The summed E-state index contributed by atoms with van der Waals surface area (Å²) < 4.78 is 1.97. The van der Waals surface area contributed by atoms with Crippen molar-refractivity contribution >= 4 is 11.6 Å². The number of nitrogens with two attached hydrogens (primary N) is 1. The Bertz CT molecular complexity index is 600. The lowest BCUT2D eigenvalue weighted by Crippen LogP contribution is -2.19. The first-order valence-electron chi connectivity index (χ1n) is 6.48. The number of hydrogen-bond acceptors (Lipinski definition) is 2. The topological polar surface area (TPSA) is 43.8 Å². The average molecular weight is 278 g/mol. The first kappa shape index (κ1) is 14.1.